The highest BCUT2D eigenvalue weighted by Gasteiger charge is 2.06. The van der Waals surface area contributed by atoms with Crippen molar-refractivity contribution in [3.8, 4) is 0 Å². The van der Waals surface area contributed by atoms with Crippen LogP contribution >= 0.6 is 11.6 Å². The maximum absolute atomic E-state index is 10.9. The number of halogens is 1. The molecule has 0 spiro atoms. The number of hydrogen-bond acceptors (Lipinski definition) is 2. The van der Waals surface area contributed by atoms with Crippen LogP contribution in [0.25, 0.3) is 0 Å². The van der Waals surface area contributed by atoms with E-state index in [0.717, 1.165) is 10.6 Å². The third-order valence-electron chi connectivity index (χ3n) is 1.77. The summed E-state index contributed by atoms with van der Waals surface area (Å²) in [5.74, 6) is 5.26. The van der Waals surface area contributed by atoms with Gasteiger partial charge < -0.3 is 0 Å². The third-order valence-corrected chi connectivity index (χ3v) is 2.18. The van der Waals surface area contributed by atoms with Crippen molar-refractivity contribution in [3.05, 3.63) is 28.8 Å². The standard InChI is InChI=1S/C9H11ClN2O/c1-6-3-4-8(5-9(6)10)12(11)7(2)13/h3-5H,11H2,1-2H3. The zero-order valence-corrected chi connectivity index (χ0v) is 8.30. The Morgan fingerprint density at radius 3 is 2.62 bits per heavy atom. The van der Waals surface area contributed by atoms with E-state index in [4.69, 9.17) is 17.4 Å². The molecule has 0 aromatic heterocycles. The van der Waals surface area contributed by atoms with Gasteiger partial charge in [-0.25, -0.2) is 10.9 Å². The molecule has 0 fully saturated rings. The number of nitrogens with two attached hydrogens (primary N) is 1. The minimum atomic E-state index is -0.222. The number of hydrogen-bond donors (Lipinski definition) is 1. The molecular weight excluding hydrogens is 188 g/mol. The van der Waals surface area contributed by atoms with E-state index in [9.17, 15) is 4.79 Å². The smallest absolute Gasteiger partial charge is 0.238 e. The van der Waals surface area contributed by atoms with Gasteiger partial charge in [0.1, 0.15) is 0 Å². The molecule has 0 aliphatic carbocycles. The number of amides is 1. The molecule has 0 atom stereocenters. The van der Waals surface area contributed by atoms with Crippen LogP contribution in [-0.2, 0) is 4.79 Å². The number of benzene rings is 1. The number of carbonyl (C=O) groups is 1. The minimum absolute atomic E-state index is 0.222. The molecule has 0 bridgehead atoms. The second-order valence-corrected chi connectivity index (χ2v) is 3.23. The first-order chi connectivity index (χ1) is 6.02. The first-order valence-electron chi connectivity index (χ1n) is 3.84. The molecule has 0 saturated carbocycles. The highest BCUT2D eigenvalue weighted by Crippen LogP contribution is 2.21. The molecule has 1 aromatic rings. The summed E-state index contributed by atoms with van der Waals surface area (Å²) in [6, 6.07) is 5.24. The van der Waals surface area contributed by atoms with Crippen LogP contribution in [0.4, 0.5) is 5.69 Å². The summed E-state index contributed by atoms with van der Waals surface area (Å²) in [7, 11) is 0. The Hall–Kier alpha value is -1.06. The molecule has 1 rings (SSSR count). The van der Waals surface area contributed by atoms with E-state index >= 15 is 0 Å². The largest absolute Gasteiger partial charge is 0.273 e. The van der Waals surface area contributed by atoms with Gasteiger partial charge in [0.15, 0.2) is 0 Å². The monoisotopic (exact) mass is 198 g/mol. The SMILES string of the molecule is CC(=O)N(N)c1ccc(C)c(Cl)c1. The Kier molecular flexibility index (Phi) is 2.90. The van der Waals surface area contributed by atoms with Gasteiger partial charge in [-0.1, -0.05) is 17.7 Å². The second-order valence-electron chi connectivity index (χ2n) is 2.82. The van der Waals surface area contributed by atoms with Gasteiger partial charge >= 0.3 is 0 Å². The third kappa shape index (κ3) is 2.20. The summed E-state index contributed by atoms with van der Waals surface area (Å²) in [4.78, 5) is 10.9. The van der Waals surface area contributed by atoms with E-state index in [2.05, 4.69) is 0 Å². The summed E-state index contributed by atoms with van der Waals surface area (Å²) in [5.41, 5.74) is 1.56. The van der Waals surface area contributed by atoms with Crippen molar-refractivity contribution >= 4 is 23.2 Å². The fourth-order valence-electron chi connectivity index (χ4n) is 0.913. The molecule has 3 nitrogen and oxygen atoms in total. The first-order valence-corrected chi connectivity index (χ1v) is 4.21. The number of rotatable bonds is 1. The van der Waals surface area contributed by atoms with E-state index in [1.54, 1.807) is 12.1 Å². The molecule has 4 heteroatoms. The molecule has 1 aromatic carbocycles. The lowest BCUT2D eigenvalue weighted by Gasteiger charge is -2.14. The maximum atomic E-state index is 10.9. The summed E-state index contributed by atoms with van der Waals surface area (Å²) < 4.78 is 0. The average molecular weight is 199 g/mol. The second kappa shape index (κ2) is 3.77. The Balaban J connectivity index is 3.03. The Morgan fingerprint density at radius 1 is 1.54 bits per heavy atom. The van der Waals surface area contributed by atoms with Crippen molar-refractivity contribution < 1.29 is 4.79 Å². The van der Waals surface area contributed by atoms with E-state index in [1.165, 1.54) is 6.92 Å². The molecule has 0 heterocycles. The number of anilines is 1. The Morgan fingerprint density at radius 2 is 2.15 bits per heavy atom. The molecular formula is C9H11ClN2O. The van der Waals surface area contributed by atoms with Gasteiger partial charge in [0, 0.05) is 11.9 Å². The van der Waals surface area contributed by atoms with Crippen LogP contribution < -0.4 is 10.9 Å². The summed E-state index contributed by atoms with van der Waals surface area (Å²) >= 11 is 5.87. The summed E-state index contributed by atoms with van der Waals surface area (Å²) in [6.07, 6.45) is 0. The van der Waals surface area contributed by atoms with Gasteiger partial charge in [-0.2, -0.15) is 0 Å². The van der Waals surface area contributed by atoms with Crippen molar-refractivity contribution in [1.82, 2.24) is 0 Å². The quantitative estimate of drug-likeness (QED) is 0.426. The van der Waals surface area contributed by atoms with Gasteiger partial charge in [0.05, 0.1) is 5.69 Å². The zero-order valence-electron chi connectivity index (χ0n) is 7.54. The molecule has 70 valence electrons. The molecule has 2 N–H and O–H groups in total. The topological polar surface area (TPSA) is 46.3 Å². The van der Waals surface area contributed by atoms with Gasteiger partial charge in [-0.3, -0.25) is 4.79 Å². The van der Waals surface area contributed by atoms with Gasteiger partial charge in [0.2, 0.25) is 5.91 Å². The van der Waals surface area contributed by atoms with Gasteiger partial charge in [-0.05, 0) is 24.6 Å². The number of carbonyl (C=O) groups excluding carboxylic acids is 1. The lowest BCUT2D eigenvalue weighted by atomic mass is 10.2. The van der Waals surface area contributed by atoms with Crippen LogP contribution in [0.5, 0.6) is 0 Å². The predicted molar refractivity (Wildman–Crippen MR) is 53.5 cm³/mol. The summed E-state index contributed by atoms with van der Waals surface area (Å²) in [6.45, 7) is 3.29. The van der Waals surface area contributed by atoms with E-state index in [-0.39, 0.29) is 5.91 Å². The Labute approximate surface area is 82.1 Å². The van der Waals surface area contributed by atoms with Crippen molar-refractivity contribution in [1.29, 1.82) is 0 Å². The van der Waals surface area contributed by atoms with Crippen molar-refractivity contribution in [2.75, 3.05) is 5.01 Å². The average Bonchev–Trinajstić information content (AvgIpc) is 2.08. The lowest BCUT2D eigenvalue weighted by molar-refractivity contribution is -0.116. The Bertz CT molecular complexity index is 338. The van der Waals surface area contributed by atoms with Crippen molar-refractivity contribution in [3.63, 3.8) is 0 Å². The molecule has 0 aliphatic rings. The van der Waals surface area contributed by atoms with Crippen LogP contribution in [0, 0.1) is 6.92 Å². The zero-order chi connectivity index (χ0) is 10.0. The normalized spacial score (nSPS) is 9.85. The van der Waals surface area contributed by atoms with Crippen molar-refractivity contribution in [2.24, 2.45) is 5.84 Å². The van der Waals surface area contributed by atoms with Crippen LogP contribution in [-0.4, -0.2) is 5.91 Å². The van der Waals surface area contributed by atoms with E-state index in [1.807, 2.05) is 13.0 Å². The molecule has 13 heavy (non-hydrogen) atoms. The van der Waals surface area contributed by atoms with Crippen LogP contribution in [0.3, 0.4) is 0 Å². The van der Waals surface area contributed by atoms with Crippen molar-refractivity contribution in [2.45, 2.75) is 13.8 Å². The predicted octanol–water partition coefficient (Wildman–Crippen LogP) is 1.88. The highest BCUT2D eigenvalue weighted by molar-refractivity contribution is 6.31. The molecule has 0 aliphatic heterocycles. The maximum Gasteiger partial charge on any atom is 0.238 e. The van der Waals surface area contributed by atoms with E-state index in [0.29, 0.717) is 10.7 Å². The van der Waals surface area contributed by atoms with Gasteiger partial charge in [0.25, 0.3) is 0 Å². The van der Waals surface area contributed by atoms with Crippen LogP contribution in [0.2, 0.25) is 5.02 Å². The minimum Gasteiger partial charge on any atom is -0.273 e. The van der Waals surface area contributed by atoms with Gasteiger partial charge in [-0.15, -0.1) is 0 Å². The molecule has 0 saturated heterocycles. The number of aryl methyl sites for hydroxylation is 1. The number of hydrazine groups is 1. The number of nitrogens with zero attached hydrogens (tertiary/aromatic N) is 1. The fraction of sp³-hybridized carbons (Fsp3) is 0.222. The van der Waals surface area contributed by atoms with Crippen LogP contribution in [0.1, 0.15) is 12.5 Å². The first kappa shape index (κ1) is 10.0. The van der Waals surface area contributed by atoms with Crippen LogP contribution in [0.15, 0.2) is 18.2 Å². The lowest BCUT2D eigenvalue weighted by Crippen LogP contribution is -2.35. The van der Waals surface area contributed by atoms with E-state index < -0.39 is 0 Å². The highest BCUT2D eigenvalue weighted by atomic mass is 35.5. The molecule has 0 unspecified atom stereocenters. The molecule has 1 amide bonds. The fourth-order valence-corrected chi connectivity index (χ4v) is 1.09. The molecule has 0 radical (unpaired) electrons. The summed E-state index contributed by atoms with van der Waals surface area (Å²) in [5, 5.41) is 1.67.